The zero-order valence-electron chi connectivity index (χ0n) is 21.4. The van der Waals surface area contributed by atoms with Gasteiger partial charge in [-0.05, 0) is 77.7 Å². The summed E-state index contributed by atoms with van der Waals surface area (Å²) in [5.74, 6) is 2.21. The molecule has 35 heavy (non-hydrogen) atoms. The van der Waals surface area contributed by atoms with Crippen molar-refractivity contribution in [3.8, 4) is 5.88 Å². The summed E-state index contributed by atoms with van der Waals surface area (Å²) in [6, 6.07) is 8.57. The molecule has 1 aromatic carbocycles. The Bertz CT molecular complexity index is 1120. The highest BCUT2D eigenvalue weighted by Gasteiger charge is 2.35. The third kappa shape index (κ3) is 5.64. The number of carbonyl (C=O) groups excluding carboxylic acids is 1. The van der Waals surface area contributed by atoms with Gasteiger partial charge in [0.1, 0.15) is 11.4 Å². The number of nitrogens with zero attached hydrogens (tertiary/aromatic N) is 3. The molecule has 2 heterocycles. The molecule has 1 aromatic heterocycles. The van der Waals surface area contributed by atoms with Gasteiger partial charge in [0.25, 0.3) is 0 Å². The van der Waals surface area contributed by atoms with Crippen molar-refractivity contribution in [3.05, 3.63) is 41.2 Å². The second-order valence-corrected chi connectivity index (χ2v) is 11.0. The molecule has 0 spiro atoms. The molecule has 8 nitrogen and oxygen atoms in total. The lowest BCUT2D eigenvalue weighted by atomic mass is 9.77. The first kappa shape index (κ1) is 25.1. The fourth-order valence-electron chi connectivity index (χ4n) is 5.03. The number of aliphatic hydroxyl groups is 1. The summed E-state index contributed by atoms with van der Waals surface area (Å²) in [6.07, 6.45) is 4.72. The van der Waals surface area contributed by atoms with Crippen LogP contribution in [0.25, 0.3) is 0 Å². The van der Waals surface area contributed by atoms with Gasteiger partial charge in [-0.25, -0.2) is 9.98 Å². The van der Waals surface area contributed by atoms with Crippen molar-refractivity contribution >= 4 is 23.1 Å². The molecule has 0 bridgehead atoms. The van der Waals surface area contributed by atoms with Crippen LogP contribution in [0, 0.1) is 12.8 Å². The third-order valence-electron chi connectivity index (χ3n) is 6.99. The molecule has 0 unspecified atom stereocenters. The van der Waals surface area contributed by atoms with Crippen molar-refractivity contribution in [2.75, 3.05) is 12.3 Å². The van der Waals surface area contributed by atoms with Gasteiger partial charge in [-0.1, -0.05) is 24.3 Å². The van der Waals surface area contributed by atoms with Crippen molar-refractivity contribution in [2.24, 2.45) is 10.9 Å². The molecule has 4 rings (SSSR count). The molecule has 8 heteroatoms. The predicted molar refractivity (Wildman–Crippen MR) is 137 cm³/mol. The number of nitrogens with two attached hydrogens (primary N) is 1. The maximum absolute atomic E-state index is 12.3. The summed E-state index contributed by atoms with van der Waals surface area (Å²) in [5, 5.41) is 12.3. The van der Waals surface area contributed by atoms with Crippen molar-refractivity contribution in [2.45, 2.75) is 83.8 Å². The van der Waals surface area contributed by atoms with Crippen LogP contribution in [0.3, 0.4) is 0 Å². The highest BCUT2D eigenvalue weighted by molar-refractivity contribution is 6.09. The average Bonchev–Trinajstić information content (AvgIpc) is 2.78. The molecule has 1 fully saturated rings. The van der Waals surface area contributed by atoms with E-state index in [4.69, 9.17) is 15.5 Å². The molecule has 0 radical (unpaired) electrons. The Kier molecular flexibility index (Phi) is 6.86. The fraction of sp³-hybridized carbons (Fsp3) is 0.556. The summed E-state index contributed by atoms with van der Waals surface area (Å²) >= 11 is 0. The van der Waals surface area contributed by atoms with Crippen LogP contribution >= 0.6 is 0 Å². The number of nitrogen functional groups attached to an aromatic ring is 1. The molecular formula is C27H37N5O3. The maximum Gasteiger partial charge on any atom is 0.246 e. The lowest BCUT2D eigenvalue weighted by molar-refractivity contribution is -0.124. The Morgan fingerprint density at radius 3 is 2.46 bits per heavy atom. The number of anilines is 1. The van der Waals surface area contributed by atoms with E-state index in [1.807, 2.05) is 27.7 Å². The molecule has 2 aliphatic rings. The zero-order chi connectivity index (χ0) is 25.4. The van der Waals surface area contributed by atoms with Crippen molar-refractivity contribution < 1.29 is 14.6 Å². The Morgan fingerprint density at radius 2 is 1.83 bits per heavy atom. The van der Waals surface area contributed by atoms with E-state index in [1.54, 1.807) is 6.92 Å². The zero-order valence-corrected chi connectivity index (χ0v) is 21.4. The number of ether oxygens (including phenoxy) is 1. The van der Waals surface area contributed by atoms with Crippen molar-refractivity contribution in [3.63, 3.8) is 0 Å². The molecular weight excluding hydrogens is 442 g/mol. The fourth-order valence-corrected chi connectivity index (χ4v) is 5.03. The summed E-state index contributed by atoms with van der Waals surface area (Å²) in [6.45, 7) is 9.35. The Balaban J connectivity index is 1.42. The van der Waals surface area contributed by atoms with E-state index in [2.05, 4.69) is 39.6 Å². The number of carbonyl (C=O) groups is 1. The van der Waals surface area contributed by atoms with Crippen LogP contribution in [0.5, 0.6) is 5.88 Å². The Morgan fingerprint density at radius 1 is 1.17 bits per heavy atom. The number of fused-ring (bicyclic) bond motifs is 1. The van der Waals surface area contributed by atoms with Crippen molar-refractivity contribution in [1.82, 2.24) is 15.3 Å². The number of aromatic nitrogens is 2. The quantitative estimate of drug-likeness (QED) is 0.570. The molecule has 0 atom stereocenters. The SMILES string of the molecule is Cc1nc(N)c2c(n1)OC(C)(C)C(c1ccc([C@H]3CC[C@H](CC(=O)NC(C)(C)CO)CC3)cc1)=N2. The van der Waals surface area contributed by atoms with Crippen LogP contribution in [-0.2, 0) is 4.79 Å². The van der Waals surface area contributed by atoms with E-state index in [-0.39, 0.29) is 12.5 Å². The first-order chi connectivity index (χ1) is 16.5. The van der Waals surface area contributed by atoms with E-state index in [0.717, 1.165) is 37.0 Å². The molecule has 1 saturated carbocycles. The number of rotatable bonds is 6. The molecule has 0 saturated heterocycles. The topological polar surface area (TPSA) is 123 Å². The number of aryl methyl sites for hydroxylation is 1. The molecule has 1 amide bonds. The number of hydrogen-bond donors (Lipinski definition) is 3. The van der Waals surface area contributed by atoms with Gasteiger partial charge < -0.3 is 20.9 Å². The predicted octanol–water partition coefficient (Wildman–Crippen LogP) is 4.21. The van der Waals surface area contributed by atoms with E-state index >= 15 is 0 Å². The number of hydrogen-bond acceptors (Lipinski definition) is 7. The van der Waals surface area contributed by atoms with Gasteiger partial charge in [0.2, 0.25) is 11.8 Å². The number of nitrogens with one attached hydrogen (secondary N) is 1. The largest absolute Gasteiger partial charge is 0.463 e. The van der Waals surface area contributed by atoms with Gasteiger partial charge in [-0.15, -0.1) is 0 Å². The van der Waals surface area contributed by atoms with E-state index in [1.165, 1.54) is 5.56 Å². The summed E-state index contributed by atoms with van der Waals surface area (Å²) in [7, 11) is 0. The molecule has 188 valence electrons. The number of benzene rings is 1. The minimum Gasteiger partial charge on any atom is -0.463 e. The summed E-state index contributed by atoms with van der Waals surface area (Å²) in [5.41, 5.74) is 8.46. The second-order valence-electron chi connectivity index (χ2n) is 11.0. The minimum absolute atomic E-state index is 0.0257. The monoisotopic (exact) mass is 479 g/mol. The van der Waals surface area contributed by atoms with Crippen molar-refractivity contribution in [1.29, 1.82) is 0 Å². The van der Waals surface area contributed by atoms with Crippen LogP contribution in [-0.4, -0.2) is 44.4 Å². The van der Waals surface area contributed by atoms with Crippen LogP contribution in [0.4, 0.5) is 11.5 Å². The van der Waals surface area contributed by atoms with E-state index in [0.29, 0.717) is 41.5 Å². The number of amides is 1. The van der Waals surface area contributed by atoms with Crippen LogP contribution in [0.2, 0.25) is 0 Å². The molecule has 1 aliphatic heterocycles. The van der Waals surface area contributed by atoms with Crippen LogP contribution in [0.15, 0.2) is 29.3 Å². The lowest BCUT2D eigenvalue weighted by Gasteiger charge is -2.32. The van der Waals surface area contributed by atoms with E-state index < -0.39 is 11.1 Å². The normalized spacial score (nSPS) is 21.5. The van der Waals surface area contributed by atoms with Gasteiger partial charge in [0, 0.05) is 12.0 Å². The maximum atomic E-state index is 12.3. The smallest absolute Gasteiger partial charge is 0.246 e. The Hall–Kier alpha value is -3.00. The first-order valence-electron chi connectivity index (χ1n) is 12.4. The van der Waals surface area contributed by atoms with Gasteiger partial charge >= 0.3 is 0 Å². The molecule has 2 aromatic rings. The van der Waals surface area contributed by atoms with Gasteiger partial charge in [-0.2, -0.15) is 4.98 Å². The van der Waals surface area contributed by atoms with Gasteiger partial charge in [0.15, 0.2) is 11.5 Å². The van der Waals surface area contributed by atoms with Gasteiger partial charge in [0.05, 0.1) is 17.9 Å². The lowest BCUT2D eigenvalue weighted by Crippen LogP contribution is -2.46. The summed E-state index contributed by atoms with van der Waals surface area (Å²) < 4.78 is 6.17. The highest BCUT2D eigenvalue weighted by Crippen LogP contribution is 2.40. The minimum atomic E-state index is -0.648. The number of aliphatic imine (C=N–C) groups is 1. The first-order valence-corrected chi connectivity index (χ1v) is 12.4. The highest BCUT2D eigenvalue weighted by atomic mass is 16.5. The molecule has 1 aliphatic carbocycles. The summed E-state index contributed by atoms with van der Waals surface area (Å²) in [4.78, 5) is 25.7. The standard InChI is InChI=1S/C27H37N5O3/c1-16-29-24(28)22-25(30-16)35-27(4,5)23(31-22)20-12-10-19(11-13-20)18-8-6-17(7-9-18)14-21(34)32-26(2,3)15-33/h10-13,17-18,33H,6-9,14-15H2,1-5H3,(H,32,34)(H2,28,29,30)/t17-,18-. The molecule has 4 N–H and O–H groups in total. The third-order valence-corrected chi connectivity index (χ3v) is 6.99. The Labute approximate surface area is 207 Å². The number of aliphatic hydroxyl groups excluding tert-OH is 1. The van der Waals surface area contributed by atoms with Crippen LogP contribution < -0.4 is 15.8 Å². The average molecular weight is 480 g/mol. The van der Waals surface area contributed by atoms with Gasteiger partial charge in [-0.3, -0.25) is 4.79 Å². The van der Waals surface area contributed by atoms with E-state index in [9.17, 15) is 9.90 Å². The van der Waals surface area contributed by atoms with Crippen LogP contribution in [0.1, 0.15) is 82.7 Å². The second kappa shape index (κ2) is 9.57.